The van der Waals surface area contributed by atoms with Gasteiger partial charge >= 0.3 is 0 Å². The molecule has 7 heteroatoms. The molecule has 0 radical (unpaired) electrons. The van der Waals surface area contributed by atoms with Crippen molar-refractivity contribution in [1.82, 2.24) is 9.80 Å². The SMILES string of the molecule is CCN(CC)C(=O)c1cccc(NC(=O)CN(C)Cc2ccc(OC)c(OC)c2)c1. The van der Waals surface area contributed by atoms with Gasteiger partial charge < -0.3 is 19.7 Å². The van der Waals surface area contributed by atoms with Gasteiger partial charge in [-0.1, -0.05) is 12.1 Å². The van der Waals surface area contributed by atoms with E-state index >= 15 is 0 Å². The minimum atomic E-state index is -0.148. The number of likely N-dealkylation sites (N-methyl/N-ethyl adjacent to an activating group) is 1. The maximum Gasteiger partial charge on any atom is 0.253 e. The van der Waals surface area contributed by atoms with Crippen LogP contribution in [0.25, 0.3) is 0 Å². The van der Waals surface area contributed by atoms with Crippen LogP contribution in [0.15, 0.2) is 42.5 Å². The van der Waals surface area contributed by atoms with Crippen molar-refractivity contribution in [3.63, 3.8) is 0 Å². The second-order valence-electron chi connectivity index (χ2n) is 6.97. The van der Waals surface area contributed by atoms with E-state index in [0.29, 0.717) is 42.4 Å². The molecule has 162 valence electrons. The highest BCUT2D eigenvalue weighted by atomic mass is 16.5. The van der Waals surface area contributed by atoms with Crippen LogP contribution in [0.5, 0.6) is 11.5 Å². The summed E-state index contributed by atoms with van der Waals surface area (Å²) in [6.07, 6.45) is 0. The second-order valence-corrected chi connectivity index (χ2v) is 6.97. The molecule has 0 atom stereocenters. The fourth-order valence-electron chi connectivity index (χ4n) is 3.22. The molecule has 0 heterocycles. The van der Waals surface area contributed by atoms with Crippen LogP contribution < -0.4 is 14.8 Å². The van der Waals surface area contributed by atoms with Crippen LogP contribution in [0.2, 0.25) is 0 Å². The molecule has 0 aliphatic carbocycles. The average molecular weight is 414 g/mol. The molecule has 1 N–H and O–H groups in total. The average Bonchev–Trinajstić information content (AvgIpc) is 2.74. The van der Waals surface area contributed by atoms with Gasteiger partial charge in [0.2, 0.25) is 5.91 Å². The predicted octanol–water partition coefficient (Wildman–Crippen LogP) is 3.26. The van der Waals surface area contributed by atoms with Crippen molar-refractivity contribution in [2.75, 3.05) is 46.2 Å². The van der Waals surface area contributed by atoms with Crippen LogP contribution in [0.1, 0.15) is 29.8 Å². The lowest BCUT2D eigenvalue weighted by Crippen LogP contribution is -2.31. The van der Waals surface area contributed by atoms with Crippen molar-refractivity contribution >= 4 is 17.5 Å². The number of anilines is 1. The standard InChI is InChI=1S/C23H31N3O4/c1-6-26(7-2)23(28)18-9-8-10-19(14-18)24-22(27)16-25(3)15-17-11-12-20(29-4)21(13-17)30-5/h8-14H,6-7,15-16H2,1-5H3,(H,24,27). The molecular formula is C23H31N3O4. The Bertz CT molecular complexity index is 865. The Balaban J connectivity index is 1.97. The number of hydrogen-bond acceptors (Lipinski definition) is 5. The number of methoxy groups -OCH3 is 2. The first-order valence-electron chi connectivity index (χ1n) is 10.00. The minimum absolute atomic E-state index is 0.0401. The summed E-state index contributed by atoms with van der Waals surface area (Å²) in [7, 11) is 5.06. The van der Waals surface area contributed by atoms with E-state index in [1.807, 2.05) is 44.0 Å². The molecule has 0 aliphatic rings. The van der Waals surface area contributed by atoms with Gasteiger partial charge in [-0.15, -0.1) is 0 Å². The third-order valence-electron chi connectivity index (χ3n) is 4.76. The smallest absolute Gasteiger partial charge is 0.253 e. The van der Waals surface area contributed by atoms with Crippen molar-refractivity contribution in [2.45, 2.75) is 20.4 Å². The Morgan fingerprint density at radius 2 is 1.67 bits per heavy atom. The monoisotopic (exact) mass is 413 g/mol. The number of nitrogens with one attached hydrogen (secondary N) is 1. The van der Waals surface area contributed by atoms with Gasteiger partial charge in [0, 0.05) is 30.9 Å². The molecule has 30 heavy (non-hydrogen) atoms. The molecule has 2 amide bonds. The number of benzene rings is 2. The van der Waals surface area contributed by atoms with E-state index in [0.717, 1.165) is 5.56 Å². The fraction of sp³-hybridized carbons (Fsp3) is 0.391. The van der Waals surface area contributed by atoms with Crippen molar-refractivity contribution in [3.8, 4) is 11.5 Å². The normalized spacial score (nSPS) is 10.6. The number of amides is 2. The van der Waals surface area contributed by atoms with Gasteiger partial charge in [-0.2, -0.15) is 0 Å². The van der Waals surface area contributed by atoms with Gasteiger partial charge in [-0.25, -0.2) is 0 Å². The Hall–Kier alpha value is -3.06. The summed E-state index contributed by atoms with van der Waals surface area (Å²) in [6, 6.07) is 12.7. The summed E-state index contributed by atoms with van der Waals surface area (Å²) in [5.41, 5.74) is 2.18. The maximum absolute atomic E-state index is 12.5. The van der Waals surface area contributed by atoms with E-state index in [-0.39, 0.29) is 18.4 Å². The van der Waals surface area contributed by atoms with Gasteiger partial charge in [-0.3, -0.25) is 14.5 Å². The molecule has 0 bridgehead atoms. The molecule has 0 fully saturated rings. The van der Waals surface area contributed by atoms with Gasteiger partial charge in [0.05, 0.1) is 20.8 Å². The number of ether oxygens (including phenoxy) is 2. The molecule has 7 nitrogen and oxygen atoms in total. The zero-order chi connectivity index (χ0) is 22.1. The molecular weight excluding hydrogens is 382 g/mol. The first kappa shape index (κ1) is 23.2. The zero-order valence-electron chi connectivity index (χ0n) is 18.4. The zero-order valence-corrected chi connectivity index (χ0v) is 18.4. The van der Waals surface area contributed by atoms with E-state index in [4.69, 9.17) is 9.47 Å². The lowest BCUT2D eigenvalue weighted by atomic mass is 10.1. The number of carbonyl (C=O) groups is 2. The largest absolute Gasteiger partial charge is 0.493 e. The van der Waals surface area contributed by atoms with E-state index in [1.165, 1.54) is 0 Å². The third kappa shape index (κ3) is 6.22. The topological polar surface area (TPSA) is 71.1 Å². The lowest BCUT2D eigenvalue weighted by Gasteiger charge is -2.19. The van der Waals surface area contributed by atoms with Gasteiger partial charge in [0.25, 0.3) is 5.91 Å². The van der Waals surface area contributed by atoms with Crippen LogP contribution in [-0.4, -0.2) is 62.5 Å². The highest BCUT2D eigenvalue weighted by molar-refractivity contribution is 5.97. The summed E-state index contributed by atoms with van der Waals surface area (Å²) in [5.74, 6) is 1.13. The second kappa shape index (κ2) is 11.2. The Morgan fingerprint density at radius 1 is 0.967 bits per heavy atom. The quantitative estimate of drug-likeness (QED) is 0.647. The molecule has 0 saturated heterocycles. The summed E-state index contributed by atoms with van der Waals surface area (Å²) >= 11 is 0. The number of carbonyl (C=O) groups excluding carboxylic acids is 2. The third-order valence-corrected chi connectivity index (χ3v) is 4.76. The molecule has 2 rings (SSSR count). The van der Waals surface area contributed by atoms with Crippen molar-refractivity contribution in [2.24, 2.45) is 0 Å². The van der Waals surface area contributed by atoms with Crippen LogP contribution >= 0.6 is 0 Å². The van der Waals surface area contributed by atoms with Gasteiger partial charge in [0.15, 0.2) is 11.5 Å². The Labute approximate surface area is 178 Å². The summed E-state index contributed by atoms with van der Waals surface area (Å²) in [5, 5.41) is 2.87. The van der Waals surface area contributed by atoms with E-state index < -0.39 is 0 Å². The van der Waals surface area contributed by atoms with Crippen LogP contribution in [0.3, 0.4) is 0 Å². The molecule has 0 saturated carbocycles. The van der Waals surface area contributed by atoms with E-state index in [2.05, 4.69) is 5.32 Å². The fourth-order valence-corrected chi connectivity index (χ4v) is 3.22. The Kier molecular flexibility index (Phi) is 8.68. The number of hydrogen-bond donors (Lipinski definition) is 1. The Morgan fingerprint density at radius 3 is 2.30 bits per heavy atom. The van der Waals surface area contributed by atoms with Crippen molar-refractivity contribution in [3.05, 3.63) is 53.6 Å². The first-order valence-corrected chi connectivity index (χ1v) is 10.00. The maximum atomic E-state index is 12.5. The number of nitrogens with zero attached hydrogens (tertiary/aromatic N) is 2. The molecule has 0 spiro atoms. The van der Waals surface area contributed by atoms with Crippen LogP contribution in [-0.2, 0) is 11.3 Å². The van der Waals surface area contributed by atoms with Crippen LogP contribution in [0, 0.1) is 0 Å². The molecule has 0 aliphatic heterocycles. The van der Waals surface area contributed by atoms with Crippen LogP contribution in [0.4, 0.5) is 5.69 Å². The van der Waals surface area contributed by atoms with E-state index in [9.17, 15) is 9.59 Å². The molecule has 0 unspecified atom stereocenters. The molecule has 0 aromatic heterocycles. The summed E-state index contributed by atoms with van der Waals surface area (Å²) in [6.45, 7) is 5.97. The van der Waals surface area contributed by atoms with Crippen molar-refractivity contribution in [1.29, 1.82) is 0 Å². The lowest BCUT2D eigenvalue weighted by molar-refractivity contribution is -0.117. The molecule has 2 aromatic rings. The highest BCUT2D eigenvalue weighted by Crippen LogP contribution is 2.27. The van der Waals surface area contributed by atoms with Gasteiger partial charge in [0.1, 0.15) is 0 Å². The van der Waals surface area contributed by atoms with Crippen molar-refractivity contribution < 1.29 is 19.1 Å². The summed E-state index contributed by atoms with van der Waals surface area (Å²) < 4.78 is 10.6. The predicted molar refractivity (Wildman–Crippen MR) is 118 cm³/mol. The summed E-state index contributed by atoms with van der Waals surface area (Å²) in [4.78, 5) is 28.6. The highest BCUT2D eigenvalue weighted by Gasteiger charge is 2.14. The minimum Gasteiger partial charge on any atom is -0.493 e. The molecule has 2 aromatic carbocycles. The van der Waals surface area contributed by atoms with E-state index in [1.54, 1.807) is 43.4 Å². The first-order chi connectivity index (χ1) is 14.4. The number of rotatable bonds is 10. The van der Waals surface area contributed by atoms with Gasteiger partial charge in [-0.05, 0) is 56.8 Å².